The second-order valence-electron chi connectivity index (χ2n) is 8.36. The number of aromatic nitrogens is 5. The Hall–Kier alpha value is -2.61. The van der Waals surface area contributed by atoms with Crippen LogP contribution in [0.5, 0.6) is 0 Å². The molecule has 0 amide bonds. The Morgan fingerprint density at radius 1 is 1.14 bits per heavy atom. The number of rotatable bonds is 3. The normalized spacial score (nSPS) is 26.4. The number of pyridine rings is 1. The van der Waals surface area contributed by atoms with Gasteiger partial charge < -0.3 is 10.3 Å². The Morgan fingerprint density at radius 3 is 2.79 bits per heavy atom. The van der Waals surface area contributed by atoms with E-state index < -0.39 is 0 Å². The van der Waals surface area contributed by atoms with Gasteiger partial charge in [0.05, 0.1) is 11.7 Å². The lowest BCUT2D eigenvalue weighted by molar-refractivity contribution is 0.0928. The fourth-order valence-electron chi connectivity index (χ4n) is 5.31. The Morgan fingerprint density at radius 2 is 1.97 bits per heavy atom. The number of fused-ring (bicyclic) bond motifs is 5. The largest absolute Gasteiger partial charge is 0.365 e. The molecule has 2 atom stereocenters. The molecular formula is C21H21FN6S. The van der Waals surface area contributed by atoms with Crippen LogP contribution in [0, 0.1) is 23.6 Å². The molecule has 4 aromatic rings. The number of aromatic amines is 1. The van der Waals surface area contributed by atoms with Crippen molar-refractivity contribution in [1.82, 2.24) is 24.9 Å². The smallest absolute Gasteiger partial charge is 0.165 e. The molecule has 148 valence electrons. The maximum atomic E-state index is 13.8. The summed E-state index contributed by atoms with van der Waals surface area (Å²) in [6.07, 6.45) is 8.28. The van der Waals surface area contributed by atoms with Gasteiger partial charge in [0.25, 0.3) is 0 Å². The van der Waals surface area contributed by atoms with Crippen LogP contribution >= 0.6 is 11.3 Å². The lowest BCUT2D eigenvalue weighted by Crippen LogP contribution is -2.47. The molecule has 0 radical (unpaired) electrons. The van der Waals surface area contributed by atoms with Gasteiger partial charge in [-0.25, -0.2) is 24.3 Å². The van der Waals surface area contributed by atoms with E-state index >= 15 is 0 Å². The number of hydrogen-bond acceptors (Lipinski definition) is 6. The molecule has 0 aromatic carbocycles. The van der Waals surface area contributed by atoms with Gasteiger partial charge >= 0.3 is 0 Å². The van der Waals surface area contributed by atoms with Gasteiger partial charge in [-0.15, -0.1) is 11.3 Å². The molecule has 29 heavy (non-hydrogen) atoms. The zero-order valence-electron chi connectivity index (χ0n) is 16.0. The monoisotopic (exact) mass is 408 g/mol. The van der Waals surface area contributed by atoms with E-state index in [2.05, 4.69) is 27.2 Å². The quantitative estimate of drug-likeness (QED) is 0.498. The van der Waals surface area contributed by atoms with Crippen LogP contribution in [0.25, 0.3) is 32.8 Å². The highest BCUT2D eigenvalue weighted by atomic mass is 32.1. The van der Waals surface area contributed by atoms with Crippen molar-refractivity contribution in [3.63, 3.8) is 0 Å². The fourth-order valence-corrected chi connectivity index (χ4v) is 5.96. The minimum atomic E-state index is -0.373. The molecule has 2 bridgehead atoms. The second-order valence-corrected chi connectivity index (χ2v) is 9.19. The first-order valence-corrected chi connectivity index (χ1v) is 11.1. The number of thiazole rings is 1. The summed E-state index contributed by atoms with van der Waals surface area (Å²) in [7, 11) is 0. The lowest BCUT2D eigenvalue weighted by Gasteiger charge is -2.47. The Balaban J connectivity index is 1.46. The highest BCUT2D eigenvalue weighted by molar-refractivity contribution is 7.16. The summed E-state index contributed by atoms with van der Waals surface area (Å²) < 4.78 is 13.8. The van der Waals surface area contributed by atoms with Crippen LogP contribution in [-0.4, -0.2) is 31.0 Å². The van der Waals surface area contributed by atoms with E-state index in [-0.39, 0.29) is 5.82 Å². The minimum Gasteiger partial charge on any atom is -0.365 e. The highest BCUT2D eigenvalue weighted by Crippen LogP contribution is 2.46. The first kappa shape index (κ1) is 17.3. The second kappa shape index (κ2) is 6.45. The van der Waals surface area contributed by atoms with Crippen LogP contribution in [0.15, 0.2) is 24.0 Å². The molecule has 0 aliphatic heterocycles. The van der Waals surface area contributed by atoms with Crippen molar-refractivity contribution >= 4 is 38.5 Å². The summed E-state index contributed by atoms with van der Waals surface area (Å²) >= 11 is 1.50. The van der Waals surface area contributed by atoms with Crippen LogP contribution in [0.3, 0.4) is 0 Å². The summed E-state index contributed by atoms with van der Waals surface area (Å²) in [5.41, 5.74) is 4.00. The molecule has 0 spiro atoms. The van der Waals surface area contributed by atoms with Gasteiger partial charge in [0.15, 0.2) is 11.6 Å². The maximum Gasteiger partial charge on any atom is 0.165 e. The molecule has 3 saturated carbocycles. The van der Waals surface area contributed by atoms with Crippen LogP contribution < -0.4 is 5.32 Å². The van der Waals surface area contributed by atoms with Crippen molar-refractivity contribution in [2.75, 3.05) is 5.32 Å². The zero-order chi connectivity index (χ0) is 19.5. The predicted molar refractivity (Wildman–Crippen MR) is 112 cm³/mol. The molecule has 2 N–H and O–H groups in total. The van der Waals surface area contributed by atoms with Gasteiger partial charge in [0.2, 0.25) is 0 Å². The molecule has 4 aromatic heterocycles. The Bertz CT molecular complexity index is 1210. The topological polar surface area (TPSA) is 79.4 Å². The maximum absolute atomic E-state index is 13.8. The van der Waals surface area contributed by atoms with Gasteiger partial charge in [-0.2, -0.15) is 0 Å². The molecule has 3 aliphatic carbocycles. The predicted octanol–water partition coefficient (Wildman–Crippen LogP) is 5.01. The standard InChI is InChI=1S/C21H21FN6S/c1-10-11-2-4-12(5-3-11)16(10)26-20-17-21(29-9-25-17)28-19(27-20)15-8-24-18-14(15)6-13(22)7-23-18/h6-12,16H,2-5H2,1H3,(H,23,24)(H,26,27,28). The summed E-state index contributed by atoms with van der Waals surface area (Å²) in [4.78, 5) is 22.1. The minimum absolute atomic E-state index is 0.373. The van der Waals surface area contributed by atoms with Crippen LogP contribution in [0.1, 0.15) is 32.6 Å². The third-order valence-electron chi connectivity index (χ3n) is 6.87. The first-order chi connectivity index (χ1) is 14.2. The van der Waals surface area contributed by atoms with E-state index in [1.165, 1.54) is 49.3 Å². The molecule has 3 aliphatic rings. The van der Waals surface area contributed by atoms with Crippen molar-refractivity contribution in [2.24, 2.45) is 17.8 Å². The van der Waals surface area contributed by atoms with Crippen LogP contribution in [0.4, 0.5) is 10.2 Å². The number of halogens is 1. The Kier molecular flexibility index (Phi) is 3.84. The molecule has 7 rings (SSSR count). The molecular weight excluding hydrogens is 387 g/mol. The van der Waals surface area contributed by atoms with Gasteiger partial charge in [-0.05, 0) is 49.5 Å². The number of hydrogen-bond donors (Lipinski definition) is 2. The van der Waals surface area contributed by atoms with Crippen molar-refractivity contribution in [3.8, 4) is 11.4 Å². The van der Waals surface area contributed by atoms with E-state index in [0.29, 0.717) is 34.7 Å². The average Bonchev–Trinajstić information content (AvgIpc) is 3.37. The van der Waals surface area contributed by atoms with Crippen molar-refractivity contribution < 1.29 is 4.39 Å². The van der Waals surface area contributed by atoms with Crippen LogP contribution in [0.2, 0.25) is 0 Å². The molecule has 8 heteroatoms. The Labute approximate surface area is 171 Å². The van der Waals surface area contributed by atoms with E-state index in [1.54, 1.807) is 11.7 Å². The number of anilines is 1. The van der Waals surface area contributed by atoms with Gasteiger partial charge in [0.1, 0.15) is 21.8 Å². The molecule has 2 unspecified atom stereocenters. The van der Waals surface area contributed by atoms with E-state index in [9.17, 15) is 4.39 Å². The van der Waals surface area contributed by atoms with Crippen molar-refractivity contribution in [1.29, 1.82) is 0 Å². The summed E-state index contributed by atoms with van der Waals surface area (Å²) in [5, 5.41) is 4.43. The fraction of sp³-hybridized carbons (Fsp3) is 0.429. The van der Waals surface area contributed by atoms with E-state index in [1.807, 2.05) is 0 Å². The number of nitrogens with one attached hydrogen (secondary N) is 2. The molecule has 0 saturated heterocycles. The summed E-state index contributed by atoms with van der Waals surface area (Å²) in [6, 6.07) is 1.89. The molecule has 6 nitrogen and oxygen atoms in total. The number of H-pyrrole nitrogens is 1. The SMILES string of the molecule is CC1C2CCC(CC2)C1Nc1nc(-c2c[nH]c3ncc(F)cc23)nc2scnc12. The zero-order valence-corrected chi connectivity index (χ0v) is 16.8. The van der Waals surface area contributed by atoms with Crippen molar-refractivity contribution in [3.05, 3.63) is 29.8 Å². The van der Waals surface area contributed by atoms with Gasteiger partial charge in [-0.1, -0.05) is 6.92 Å². The average molecular weight is 409 g/mol. The highest BCUT2D eigenvalue weighted by Gasteiger charge is 2.41. The molecule has 3 fully saturated rings. The van der Waals surface area contributed by atoms with E-state index in [4.69, 9.17) is 9.97 Å². The number of nitrogens with zero attached hydrogens (tertiary/aromatic N) is 4. The van der Waals surface area contributed by atoms with E-state index in [0.717, 1.165) is 27.6 Å². The summed E-state index contributed by atoms with van der Waals surface area (Å²) in [6.45, 7) is 2.36. The third kappa shape index (κ3) is 2.73. The van der Waals surface area contributed by atoms with Gasteiger partial charge in [-0.3, -0.25) is 0 Å². The van der Waals surface area contributed by atoms with Crippen LogP contribution in [-0.2, 0) is 0 Å². The van der Waals surface area contributed by atoms with Gasteiger partial charge in [0, 0.05) is 23.2 Å². The third-order valence-corrected chi connectivity index (χ3v) is 7.59. The molecule has 4 heterocycles. The summed E-state index contributed by atoms with van der Waals surface area (Å²) in [5.74, 6) is 3.09. The lowest BCUT2D eigenvalue weighted by atomic mass is 9.62. The van der Waals surface area contributed by atoms with Crippen molar-refractivity contribution in [2.45, 2.75) is 38.6 Å². The first-order valence-electron chi connectivity index (χ1n) is 10.2.